The van der Waals surface area contributed by atoms with Crippen molar-refractivity contribution in [2.24, 2.45) is 0 Å². The third kappa shape index (κ3) is 6.24. The van der Waals surface area contributed by atoms with Gasteiger partial charge in [0.25, 0.3) is 5.91 Å². The molecule has 4 N–H and O–H groups in total. The molecular formula is C22H20Cl3N3O3. The number of aliphatic hydroxyl groups is 1. The van der Waals surface area contributed by atoms with Crippen molar-refractivity contribution in [3.63, 3.8) is 0 Å². The van der Waals surface area contributed by atoms with Crippen LogP contribution in [-0.2, 0) is 13.0 Å². The Hall–Kier alpha value is -2.51. The number of amides is 1. The summed E-state index contributed by atoms with van der Waals surface area (Å²) in [7, 11) is 0. The number of hydrogen-bond acceptors (Lipinski definition) is 5. The number of aromatic nitrogens is 1. The maximum absolute atomic E-state index is 12.7. The zero-order chi connectivity index (χ0) is 22.4. The molecule has 0 aliphatic carbocycles. The number of halogens is 3. The first-order valence-corrected chi connectivity index (χ1v) is 10.5. The minimum Gasteiger partial charge on any atom is -0.485 e. The number of carbonyl (C=O) groups is 1. The number of hydrogen-bond donors (Lipinski definition) is 3. The van der Waals surface area contributed by atoms with Gasteiger partial charge in [0.05, 0.1) is 18.2 Å². The van der Waals surface area contributed by atoms with Crippen molar-refractivity contribution in [3.8, 4) is 5.75 Å². The van der Waals surface area contributed by atoms with E-state index in [9.17, 15) is 9.90 Å². The Kier molecular flexibility index (Phi) is 7.98. The molecule has 2 aromatic carbocycles. The van der Waals surface area contributed by atoms with Gasteiger partial charge in [-0.3, -0.25) is 4.79 Å². The molecular weight excluding hydrogens is 461 g/mol. The molecule has 0 radical (unpaired) electrons. The summed E-state index contributed by atoms with van der Waals surface area (Å²) in [6.45, 7) is -0.170. The van der Waals surface area contributed by atoms with Gasteiger partial charge in [0, 0.05) is 26.8 Å². The number of benzene rings is 2. The van der Waals surface area contributed by atoms with Crippen molar-refractivity contribution in [2.75, 3.05) is 12.3 Å². The second-order valence-electron chi connectivity index (χ2n) is 6.78. The van der Waals surface area contributed by atoms with E-state index in [1.807, 2.05) is 12.1 Å². The molecule has 1 amide bonds. The number of carbonyl (C=O) groups excluding carboxylic acids is 1. The number of ether oxygens (including phenoxy) is 1. The number of rotatable bonds is 8. The van der Waals surface area contributed by atoms with E-state index in [0.717, 1.165) is 5.56 Å². The fraction of sp³-hybridized carbons (Fsp3) is 0.182. The van der Waals surface area contributed by atoms with Crippen molar-refractivity contribution in [1.82, 2.24) is 10.3 Å². The zero-order valence-corrected chi connectivity index (χ0v) is 18.6. The average molecular weight is 481 g/mol. The summed E-state index contributed by atoms with van der Waals surface area (Å²) in [6, 6.07) is 13.3. The van der Waals surface area contributed by atoms with Crippen LogP contribution in [0.25, 0.3) is 0 Å². The molecule has 0 bridgehead atoms. The van der Waals surface area contributed by atoms with E-state index >= 15 is 0 Å². The van der Waals surface area contributed by atoms with Crippen molar-refractivity contribution in [3.05, 3.63) is 86.5 Å². The molecule has 0 fully saturated rings. The third-order valence-corrected chi connectivity index (χ3v) is 5.49. The standard InChI is InChI=1S/C22H20Cl3N3O3/c23-15-6-4-13(5-7-15)8-16(11-29)28-22(30)14-9-20(21(26)27-10-14)31-12-17-18(24)2-1-3-19(17)25/h1-7,9-10,16,29H,8,11-12H2,(H2,26,27)(H,28,30). The quantitative estimate of drug-likeness (QED) is 0.440. The number of pyridine rings is 1. The van der Waals surface area contributed by atoms with Crippen molar-refractivity contribution in [1.29, 1.82) is 0 Å². The van der Waals surface area contributed by atoms with Crippen LogP contribution in [0.5, 0.6) is 5.75 Å². The third-order valence-electron chi connectivity index (χ3n) is 4.53. The first-order valence-electron chi connectivity index (χ1n) is 9.34. The maximum atomic E-state index is 12.7. The average Bonchev–Trinajstić information content (AvgIpc) is 2.75. The highest BCUT2D eigenvalue weighted by molar-refractivity contribution is 6.36. The highest BCUT2D eigenvalue weighted by atomic mass is 35.5. The van der Waals surface area contributed by atoms with Crippen LogP contribution in [-0.4, -0.2) is 28.6 Å². The Morgan fingerprint density at radius 1 is 1.13 bits per heavy atom. The van der Waals surface area contributed by atoms with E-state index in [2.05, 4.69) is 10.3 Å². The van der Waals surface area contributed by atoms with Crippen LogP contribution in [0.15, 0.2) is 54.7 Å². The molecule has 1 unspecified atom stereocenters. The second kappa shape index (κ2) is 10.7. The molecule has 0 aliphatic rings. The summed E-state index contributed by atoms with van der Waals surface area (Å²) >= 11 is 18.2. The highest BCUT2D eigenvalue weighted by Gasteiger charge is 2.16. The van der Waals surface area contributed by atoms with Crippen LogP contribution < -0.4 is 15.8 Å². The van der Waals surface area contributed by atoms with Crippen LogP contribution >= 0.6 is 34.8 Å². The Morgan fingerprint density at radius 3 is 2.45 bits per heavy atom. The molecule has 9 heteroatoms. The lowest BCUT2D eigenvalue weighted by Crippen LogP contribution is -2.39. The normalized spacial score (nSPS) is 11.7. The summed E-state index contributed by atoms with van der Waals surface area (Å²) < 4.78 is 5.72. The van der Waals surface area contributed by atoms with Crippen molar-refractivity contribution in [2.45, 2.75) is 19.1 Å². The smallest absolute Gasteiger partial charge is 0.253 e. The Morgan fingerprint density at radius 2 is 1.81 bits per heavy atom. The van der Waals surface area contributed by atoms with Crippen LogP contribution in [0.2, 0.25) is 15.1 Å². The summed E-state index contributed by atoms with van der Waals surface area (Å²) in [5.74, 6) is -0.0670. The molecule has 162 valence electrons. The second-order valence-corrected chi connectivity index (χ2v) is 8.03. The lowest BCUT2D eigenvalue weighted by atomic mass is 10.1. The van der Waals surface area contributed by atoms with E-state index in [1.165, 1.54) is 12.3 Å². The van der Waals surface area contributed by atoms with Gasteiger partial charge in [-0.15, -0.1) is 0 Å². The van der Waals surface area contributed by atoms with Crippen molar-refractivity contribution >= 4 is 46.5 Å². The van der Waals surface area contributed by atoms with Gasteiger partial charge in [0.15, 0.2) is 11.6 Å². The number of nitrogens with two attached hydrogens (primary N) is 1. The predicted octanol–water partition coefficient (Wildman–Crippen LogP) is 4.54. The molecule has 3 rings (SSSR count). The predicted molar refractivity (Wildman–Crippen MR) is 123 cm³/mol. The summed E-state index contributed by atoms with van der Waals surface area (Å²) in [5.41, 5.74) is 7.66. The summed E-state index contributed by atoms with van der Waals surface area (Å²) in [6.07, 6.45) is 1.78. The minimum absolute atomic E-state index is 0.0608. The largest absolute Gasteiger partial charge is 0.485 e. The first-order chi connectivity index (χ1) is 14.9. The van der Waals surface area contributed by atoms with Crippen LogP contribution in [0.1, 0.15) is 21.5 Å². The van der Waals surface area contributed by atoms with Crippen LogP contribution in [0.4, 0.5) is 5.82 Å². The van der Waals surface area contributed by atoms with Gasteiger partial charge in [0.1, 0.15) is 6.61 Å². The summed E-state index contributed by atoms with van der Waals surface area (Å²) in [5, 5.41) is 14.0. The molecule has 0 saturated carbocycles. The molecule has 6 nitrogen and oxygen atoms in total. The maximum Gasteiger partial charge on any atom is 0.253 e. The fourth-order valence-corrected chi connectivity index (χ4v) is 3.48. The van der Waals surface area contributed by atoms with Crippen molar-refractivity contribution < 1.29 is 14.6 Å². The topological polar surface area (TPSA) is 97.5 Å². The molecule has 1 atom stereocenters. The molecule has 3 aromatic rings. The monoisotopic (exact) mass is 479 g/mol. The Labute approximate surface area is 194 Å². The molecule has 1 heterocycles. The van der Waals surface area contributed by atoms with E-state index < -0.39 is 11.9 Å². The first kappa shape index (κ1) is 23.2. The Balaban J connectivity index is 1.69. The minimum atomic E-state index is -0.488. The van der Waals surface area contributed by atoms with Crippen LogP contribution in [0, 0.1) is 0 Å². The zero-order valence-electron chi connectivity index (χ0n) is 16.3. The number of anilines is 1. The van der Waals surface area contributed by atoms with Gasteiger partial charge in [-0.05, 0) is 42.3 Å². The van der Waals surface area contributed by atoms with E-state index in [4.69, 9.17) is 45.3 Å². The molecule has 0 saturated heterocycles. The van der Waals surface area contributed by atoms with E-state index in [0.29, 0.717) is 27.1 Å². The van der Waals surface area contributed by atoms with E-state index in [1.54, 1.807) is 30.3 Å². The van der Waals surface area contributed by atoms with Gasteiger partial charge in [-0.2, -0.15) is 0 Å². The van der Waals surface area contributed by atoms with Gasteiger partial charge in [-0.1, -0.05) is 53.0 Å². The van der Waals surface area contributed by atoms with E-state index in [-0.39, 0.29) is 30.3 Å². The van der Waals surface area contributed by atoms with Gasteiger partial charge in [0.2, 0.25) is 0 Å². The lowest BCUT2D eigenvalue weighted by Gasteiger charge is -2.17. The fourth-order valence-electron chi connectivity index (χ4n) is 2.85. The van der Waals surface area contributed by atoms with Gasteiger partial charge >= 0.3 is 0 Å². The summed E-state index contributed by atoms with van der Waals surface area (Å²) in [4.78, 5) is 16.7. The lowest BCUT2D eigenvalue weighted by molar-refractivity contribution is 0.0915. The van der Waals surface area contributed by atoms with Gasteiger partial charge in [-0.25, -0.2) is 4.98 Å². The number of aliphatic hydroxyl groups excluding tert-OH is 1. The molecule has 0 aliphatic heterocycles. The molecule has 31 heavy (non-hydrogen) atoms. The molecule has 1 aromatic heterocycles. The van der Waals surface area contributed by atoms with Gasteiger partial charge < -0.3 is 20.9 Å². The highest BCUT2D eigenvalue weighted by Crippen LogP contribution is 2.27. The number of nitrogens with one attached hydrogen (secondary N) is 1. The SMILES string of the molecule is Nc1ncc(C(=O)NC(CO)Cc2ccc(Cl)cc2)cc1OCc1c(Cl)cccc1Cl. The number of nitrogen functional groups attached to an aromatic ring is 1. The molecule has 0 spiro atoms. The number of nitrogens with zero attached hydrogens (tertiary/aromatic N) is 1. The Bertz CT molecular complexity index is 1040. The van der Waals surface area contributed by atoms with Crippen LogP contribution in [0.3, 0.4) is 0 Å².